The largest absolute Gasteiger partial charge is 0.484 e. The van der Waals surface area contributed by atoms with Gasteiger partial charge in [-0.25, -0.2) is 5.43 Å². The molecule has 3 rings (SSSR count). The number of benzene rings is 2. The zero-order chi connectivity index (χ0) is 16.9. The van der Waals surface area contributed by atoms with Crippen molar-refractivity contribution in [1.82, 2.24) is 5.43 Å². The molecule has 0 spiro atoms. The van der Waals surface area contributed by atoms with E-state index in [2.05, 4.69) is 10.5 Å². The first kappa shape index (κ1) is 15.9. The molecule has 2 aromatic rings. The Morgan fingerprint density at radius 2 is 2.04 bits per heavy atom. The lowest BCUT2D eigenvalue weighted by Gasteiger charge is -2.07. The van der Waals surface area contributed by atoms with Crippen molar-refractivity contribution in [3.8, 4) is 17.2 Å². The SMILES string of the molecule is C/C(=N\NC(=O)COc1cccc(C)c1)c1ccc2c(c1)OCO2. The Morgan fingerprint density at radius 3 is 2.88 bits per heavy atom. The summed E-state index contributed by atoms with van der Waals surface area (Å²) in [5.41, 5.74) is 5.07. The first-order valence-corrected chi connectivity index (χ1v) is 7.54. The van der Waals surface area contributed by atoms with Crippen LogP contribution in [0.25, 0.3) is 0 Å². The van der Waals surface area contributed by atoms with Crippen molar-refractivity contribution in [2.75, 3.05) is 13.4 Å². The average molecular weight is 326 g/mol. The number of ether oxygens (including phenoxy) is 3. The van der Waals surface area contributed by atoms with Gasteiger partial charge in [-0.15, -0.1) is 0 Å². The molecule has 0 atom stereocenters. The highest BCUT2D eigenvalue weighted by atomic mass is 16.7. The van der Waals surface area contributed by atoms with Crippen molar-refractivity contribution in [1.29, 1.82) is 0 Å². The topological polar surface area (TPSA) is 69.2 Å². The van der Waals surface area contributed by atoms with Crippen LogP contribution in [0, 0.1) is 6.92 Å². The van der Waals surface area contributed by atoms with Gasteiger partial charge in [-0.2, -0.15) is 5.10 Å². The normalized spacial score (nSPS) is 12.8. The summed E-state index contributed by atoms with van der Waals surface area (Å²) in [6.45, 7) is 3.90. The highest BCUT2D eigenvalue weighted by Crippen LogP contribution is 2.32. The number of nitrogens with zero attached hydrogens (tertiary/aromatic N) is 1. The van der Waals surface area contributed by atoms with Crippen molar-refractivity contribution in [3.63, 3.8) is 0 Å². The van der Waals surface area contributed by atoms with E-state index in [1.54, 1.807) is 13.0 Å². The first-order chi connectivity index (χ1) is 11.6. The lowest BCUT2D eigenvalue weighted by Crippen LogP contribution is -2.25. The molecule has 6 heteroatoms. The maximum atomic E-state index is 11.8. The number of hydrogen-bond donors (Lipinski definition) is 1. The van der Waals surface area contributed by atoms with Crippen LogP contribution in [-0.4, -0.2) is 25.0 Å². The van der Waals surface area contributed by atoms with E-state index in [-0.39, 0.29) is 19.3 Å². The predicted molar refractivity (Wildman–Crippen MR) is 89.6 cm³/mol. The number of aryl methyl sites for hydroxylation is 1. The summed E-state index contributed by atoms with van der Waals surface area (Å²) < 4.78 is 16.0. The molecule has 1 N–H and O–H groups in total. The van der Waals surface area contributed by atoms with E-state index in [1.165, 1.54) is 0 Å². The monoisotopic (exact) mass is 326 g/mol. The van der Waals surface area contributed by atoms with Gasteiger partial charge in [-0.05, 0) is 49.7 Å². The quantitative estimate of drug-likeness (QED) is 0.677. The highest BCUT2D eigenvalue weighted by molar-refractivity contribution is 5.99. The zero-order valence-electron chi connectivity index (χ0n) is 13.5. The summed E-state index contributed by atoms with van der Waals surface area (Å²) in [5, 5.41) is 4.09. The van der Waals surface area contributed by atoms with Gasteiger partial charge in [0.1, 0.15) is 5.75 Å². The van der Waals surface area contributed by atoms with Crippen LogP contribution in [0.15, 0.2) is 47.6 Å². The molecule has 0 aromatic heterocycles. The summed E-state index contributed by atoms with van der Waals surface area (Å²) in [4.78, 5) is 11.8. The van der Waals surface area contributed by atoms with Crippen LogP contribution in [0.3, 0.4) is 0 Å². The van der Waals surface area contributed by atoms with Gasteiger partial charge in [-0.1, -0.05) is 12.1 Å². The van der Waals surface area contributed by atoms with E-state index in [1.807, 2.05) is 43.3 Å². The maximum Gasteiger partial charge on any atom is 0.277 e. The smallest absolute Gasteiger partial charge is 0.277 e. The van der Waals surface area contributed by atoms with Crippen LogP contribution >= 0.6 is 0 Å². The van der Waals surface area contributed by atoms with Crippen molar-refractivity contribution in [2.45, 2.75) is 13.8 Å². The third-order valence-corrected chi connectivity index (χ3v) is 3.50. The Bertz CT molecular complexity index is 786. The van der Waals surface area contributed by atoms with Gasteiger partial charge in [0.25, 0.3) is 5.91 Å². The van der Waals surface area contributed by atoms with E-state index >= 15 is 0 Å². The Kier molecular flexibility index (Phi) is 4.65. The van der Waals surface area contributed by atoms with E-state index in [0.717, 1.165) is 11.1 Å². The number of hydrogen-bond acceptors (Lipinski definition) is 5. The van der Waals surface area contributed by atoms with Gasteiger partial charge >= 0.3 is 0 Å². The molecular formula is C18H18N2O4. The van der Waals surface area contributed by atoms with Gasteiger partial charge in [0.2, 0.25) is 6.79 Å². The van der Waals surface area contributed by atoms with Crippen LogP contribution < -0.4 is 19.6 Å². The van der Waals surface area contributed by atoms with Crippen LogP contribution in [0.4, 0.5) is 0 Å². The Balaban J connectivity index is 1.55. The summed E-state index contributed by atoms with van der Waals surface area (Å²) >= 11 is 0. The Morgan fingerprint density at radius 1 is 1.21 bits per heavy atom. The molecule has 6 nitrogen and oxygen atoms in total. The Hall–Kier alpha value is -3.02. The van der Waals surface area contributed by atoms with Crippen molar-refractivity contribution >= 4 is 11.6 Å². The lowest BCUT2D eigenvalue weighted by atomic mass is 10.1. The molecule has 0 saturated carbocycles. The number of carbonyl (C=O) groups is 1. The van der Waals surface area contributed by atoms with Crippen LogP contribution in [-0.2, 0) is 4.79 Å². The molecule has 0 unspecified atom stereocenters. The zero-order valence-corrected chi connectivity index (χ0v) is 13.5. The first-order valence-electron chi connectivity index (χ1n) is 7.54. The van der Waals surface area contributed by atoms with E-state index in [4.69, 9.17) is 14.2 Å². The summed E-state index contributed by atoms with van der Waals surface area (Å²) in [6.07, 6.45) is 0. The lowest BCUT2D eigenvalue weighted by molar-refractivity contribution is -0.123. The third-order valence-electron chi connectivity index (χ3n) is 3.50. The van der Waals surface area contributed by atoms with Crippen molar-refractivity contribution < 1.29 is 19.0 Å². The molecular weight excluding hydrogens is 308 g/mol. The van der Waals surface area contributed by atoms with Crippen LogP contribution in [0.5, 0.6) is 17.2 Å². The molecule has 1 heterocycles. The number of rotatable bonds is 5. The minimum Gasteiger partial charge on any atom is -0.484 e. The fraction of sp³-hybridized carbons (Fsp3) is 0.222. The fourth-order valence-corrected chi connectivity index (χ4v) is 2.22. The molecule has 0 radical (unpaired) electrons. The molecule has 2 aromatic carbocycles. The van der Waals surface area contributed by atoms with Crippen molar-refractivity contribution in [2.24, 2.45) is 5.10 Å². The molecule has 0 bridgehead atoms. The van der Waals surface area contributed by atoms with Crippen LogP contribution in [0.1, 0.15) is 18.1 Å². The minimum atomic E-state index is -0.323. The number of nitrogens with one attached hydrogen (secondary N) is 1. The average Bonchev–Trinajstić information content (AvgIpc) is 3.05. The maximum absolute atomic E-state index is 11.8. The van der Waals surface area contributed by atoms with Gasteiger partial charge in [0, 0.05) is 5.56 Å². The van der Waals surface area contributed by atoms with Gasteiger partial charge in [0.05, 0.1) is 5.71 Å². The molecule has 124 valence electrons. The number of fused-ring (bicyclic) bond motifs is 1. The van der Waals surface area contributed by atoms with E-state index < -0.39 is 0 Å². The van der Waals surface area contributed by atoms with E-state index in [0.29, 0.717) is 23.0 Å². The molecule has 1 aliphatic heterocycles. The van der Waals surface area contributed by atoms with Crippen molar-refractivity contribution in [3.05, 3.63) is 53.6 Å². The van der Waals surface area contributed by atoms with Gasteiger partial charge < -0.3 is 14.2 Å². The van der Waals surface area contributed by atoms with Gasteiger partial charge in [-0.3, -0.25) is 4.79 Å². The predicted octanol–water partition coefficient (Wildman–Crippen LogP) is 2.64. The Labute approximate surface area is 140 Å². The summed E-state index contributed by atoms with van der Waals surface area (Å²) in [6, 6.07) is 13.0. The molecule has 0 fully saturated rings. The standard InChI is InChI=1S/C18H18N2O4/c1-12-4-3-5-15(8-12)22-10-18(21)20-19-13(2)14-6-7-16-17(9-14)24-11-23-16/h3-9H,10-11H2,1-2H3,(H,20,21)/b19-13+. The second-order valence-corrected chi connectivity index (χ2v) is 5.41. The molecule has 0 aliphatic carbocycles. The van der Waals surface area contributed by atoms with Crippen LogP contribution in [0.2, 0.25) is 0 Å². The third kappa shape index (κ3) is 3.84. The summed E-state index contributed by atoms with van der Waals surface area (Å²) in [5.74, 6) is 1.72. The number of hydrazone groups is 1. The summed E-state index contributed by atoms with van der Waals surface area (Å²) in [7, 11) is 0. The molecule has 1 aliphatic rings. The fourth-order valence-electron chi connectivity index (χ4n) is 2.22. The second kappa shape index (κ2) is 7.04. The molecule has 1 amide bonds. The highest BCUT2D eigenvalue weighted by Gasteiger charge is 2.14. The van der Waals surface area contributed by atoms with E-state index in [9.17, 15) is 4.79 Å². The molecule has 0 saturated heterocycles. The minimum absolute atomic E-state index is 0.0959. The number of amides is 1. The molecule has 24 heavy (non-hydrogen) atoms. The number of carbonyl (C=O) groups excluding carboxylic acids is 1. The van der Waals surface area contributed by atoms with Gasteiger partial charge in [0.15, 0.2) is 18.1 Å². The second-order valence-electron chi connectivity index (χ2n) is 5.41.